The van der Waals surface area contributed by atoms with E-state index in [9.17, 15) is 4.79 Å². The molecule has 0 aliphatic rings. The van der Waals surface area contributed by atoms with Crippen LogP contribution in [0.25, 0.3) is 0 Å². The molecule has 0 aliphatic heterocycles. The summed E-state index contributed by atoms with van der Waals surface area (Å²) in [5, 5.41) is 3.10. The van der Waals surface area contributed by atoms with Crippen molar-refractivity contribution in [3.63, 3.8) is 0 Å². The van der Waals surface area contributed by atoms with Gasteiger partial charge in [0.2, 0.25) is 5.91 Å². The largest absolute Gasteiger partial charge is 0.383 e. The number of ether oxygens (including phenoxy) is 1. The van der Waals surface area contributed by atoms with E-state index in [1.54, 1.807) is 7.11 Å². The quantitative estimate of drug-likeness (QED) is 0.726. The van der Waals surface area contributed by atoms with Gasteiger partial charge in [-0.05, 0) is 25.0 Å². The molecule has 0 radical (unpaired) electrons. The van der Waals surface area contributed by atoms with Crippen LogP contribution < -0.4 is 11.1 Å². The van der Waals surface area contributed by atoms with Crippen molar-refractivity contribution >= 4 is 5.91 Å². The first-order valence-electron chi connectivity index (χ1n) is 5.65. The molecule has 0 aliphatic carbocycles. The smallest absolute Gasteiger partial charge is 0.239 e. The molecule has 1 aromatic rings. The molecule has 3 N–H and O–H groups in total. The Morgan fingerprint density at radius 3 is 2.71 bits per heavy atom. The Bertz CT molecular complexity index is 391. The van der Waals surface area contributed by atoms with Gasteiger partial charge in [-0.15, -0.1) is 0 Å². The molecule has 4 nitrogen and oxygen atoms in total. The van der Waals surface area contributed by atoms with Crippen LogP contribution >= 0.6 is 0 Å². The van der Waals surface area contributed by atoms with Gasteiger partial charge in [-0.2, -0.15) is 0 Å². The summed E-state index contributed by atoms with van der Waals surface area (Å²) >= 11 is 0. The number of nitrogens with one attached hydrogen (secondary N) is 1. The molecule has 0 aromatic heterocycles. The van der Waals surface area contributed by atoms with E-state index < -0.39 is 6.04 Å². The van der Waals surface area contributed by atoms with Crippen molar-refractivity contribution in [2.45, 2.75) is 19.9 Å². The van der Waals surface area contributed by atoms with Gasteiger partial charge in [0.1, 0.15) is 6.04 Å². The first-order valence-corrected chi connectivity index (χ1v) is 5.65. The average Bonchev–Trinajstić information content (AvgIpc) is 2.25. The summed E-state index contributed by atoms with van der Waals surface area (Å²) in [6, 6.07) is 5.52. The maximum atomic E-state index is 11.5. The molecule has 1 atom stereocenters. The van der Waals surface area contributed by atoms with Crippen molar-refractivity contribution in [2.75, 3.05) is 20.3 Å². The maximum absolute atomic E-state index is 11.5. The number of benzene rings is 1. The van der Waals surface area contributed by atoms with Gasteiger partial charge in [0.15, 0.2) is 0 Å². The number of carbonyl (C=O) groups excluding carboxylic acids is 1. The van der Waals surface area contributed by atoms with Crippen LogP contribution in [0, 0.1) is 13.8 Å². The molecule has 1 unspecified atom stereocenters. The zero-order valence-corrected chi connectivity index (χ0v) is 10.6. The summed E-state index contributed by atoms with van der Waals surface area (Å²) in [5.41, 5.74) is 8.59. The molecule has 1 rings (SSSR count). The lowest BCUT2D eigenvalue weighted by atomic mass is 9.99. The SMILES string of the molecule is COCCNC(C(N)=O)c1ccc(C)cc1C. The van der Waals surface area contributed by atoms with Gasteiger partial charge >= 0.3 is 0 Å². The van der Waals surface area contributed by atoms with E-state index in [0.717, 1.165) is 11.1 Å². The molecule has 0 saturated carbocycles. The summed E-state index contributed by atoms with van der Waals surface area (Å²) in [6.45, 7) is 5.15. The van der Waals surface area contributed by atoms with Gasteiger partial charge in [0.25, 0.3) is 0 Å². The number of carbonyl (C=O) groups is 1. The number of hydrogen-bond donors (Lipinski definition) is 2. The third-order valence-electron chi connectivity index (χ3n) is 2.68. The van der Waals surface area contributed by atoms with Gasteiger partial charge in [-0.3, -0.25) is 10.1 Å². The molecule has 0 fully saturated rings. The Kier molecular flexibility index (Phi) is 5.12. The highest BCUT2D eigenvalue weighted by atomic mass is 16.5. The number of hydrogen-bond acceptors (Lipinski definition) is 3. The fourth-order valence-electron chi connectivity index (χ4n) is 1.82. The first-order chi connectivity index (χ1) is 8.06. The van der Waals surface area contributed by atoms with Crippen molar-refractivity contribution < 1.29 is 9.53 Å². The molecule has 1 amide bonds. The fraction of sp³-hybridized carbons (Fsp3) is 0.462. The Labute approximate surface area is 102 Å². The predicted octanol–water partition coefficient (Wildman–Crippen LogP) is 1.07. The molecular formula is C13H20N2O2. The summed E-state index contributed by atoms with van der Waals surface area (Å²) in [7, 11) is 1.62. The van der Waals surface area contributed by atoms with Crippen LogP contribution in [0.1, 0.15) is 22.7 Å². The van der Waals surface area contributed by atoms with Crippen LogP contribution in [0.4, 0.5) is 0 Å². The molecule has 0 bridgehead atoms. The van der Waals surface area contributed by atoms with Crippen LogP contribution in [-0.4, -0.2) is 26.2 Å². The lowest BCUT2D eigenvalue weighted by Gasteiger charge is -2.18. The Morgan fingerprint density at radius 2 is 2.18 bits per heavy atom. The molecule has 1 aromatic carbocycles. The minimum Gasteiger partial charge on any atom is -0.383 e. The molecular weight excluding hydrogens is 216 g/mol. The number of aryl methyl sites for hydroxylation is 2. The van der Waals surface area contributed by atoms with Crippen LogP contribution in [0.3, 0.4) is 0 Å². The van der Waals surface area contributed by atoms with Crippen molar-refractivity contribution in [3.8, 4) is 0 Å². The number of nitrogens with two attached hydrogens (primary N) is 1. The molecule has 94 valence electrons. The van der Waals surface area contributed by atoms with Crippen LogP contribution in [0.2, 0.25) is 0 Å². The number of methoxy groups -OCH3 is 1. The van der Waals surface area contributed by atoms with Crippen molar-refractivity contribution in [3.05, 3.63) is 34.9 Å². The molecule has 17 heavy (non-hydrogen) atoms. The second kappa shape index (κ2) is 6.37. The van der Waals surface area contributed by atoms with E-state index in [1.807, 2.05) is 32.0 Å². The molecule has 4 heteroatoms. The van der Waals surface area contributed by atoms with Crippen LogP contribution in [0.5, 0.6) is 0 Å². The van der Waals surface area contributed by atoms with Gasteiger partial charge in [0.05, 0.1) is 6.61 Å². The Hall–Kier alpha value is -1.39. The van der Waals surface area contributed by atoms with Crippen molar-refractivity contribution in [1.82, 2.24) is 5.32 Å². The predicted molar refractivity (Wildman–Crippen MR) is 67.7 cm³/mol. The van der Waals surface area contributed by atoms with Gasteiger partial charge in [-0.25, -0.2) is 0 Å². The van der Waals surface area contributed by atoms with E-state index in [2.05, 4.69) is 5.32 Å². The molecule has 0 heterocycles. The Morgan fingerprint density at radius 1 is 1.47 bits per heavy atom. The van der Waals surface area contributed by atoms with Gasteiger partial charge < -0.3 is 10.5 Å². The van der Waals surface area contributed by atoms with E-state index >= 15 is 0 Å². The normalized spacial score (nSPS) is 12.4. The highest BCUT2D eigenvalue weighted by Crippen LogP contribution is 2.18. The first kappa shape index (κ1) is 13.7. The third-order valence-corrected chi connectivity index (χ3v) is 2.68. The van der Waals surface area contributed by atoms with E-state index in [-0.39, 0.29) is 5.91 Å². The number of rotatable bonds is 6. The summed E-state index contributed by atoms with van der Waals surface area (Å²) in [6.07, 6.45) is 0. The number of primary amides is 1. The standard InChI is InChI=1S/C13H20N2O2/c1-9-4-5-11(10(2)8-9)12(13(14)16)15-6-7-17-3/h4-5,8,12,15H,6-7H2,1-3H3,(H2,14,16). The molecule has 0 spiro atoms. The number of amides is 1. The highest BCUT2D eigenvalue weighted by Gasteiger charge is 2.18. The third kappa shape index (κ3) is 3.84. The maximum Gasteiger partial charge on any atom is 0.239 e. The van der Waals surface area contributed by atoms with E-state index in [0.29, 0.717) is 13.2 Å². The lowest BCUT2D eigenvalue weighted by Crippen LogP contribution is -2.35. The monoisotopic (exact) mass is 236 g/mol. The average molecular weight is 236 g/mol. The second-order valence-electron chi connectivity index (χ2n) is 4.14. The van der Waals surface area contributed by atoms with Crippen LogP contribution in [-0.2, 0) is 9.53 Å². The zero-order chi connectivity index (χ0) is 12.8. The van der Waals surface area contributed by atoms with Crippen molar-refractivity contribution in [1.29, 1.82) is 0 Å². The summed E-state index contributed by atoms with van der Waals surface area (Å²) in [5.74, 6) is -0.368. The molecule has 0 saturated heterocycles. The zero-order valence-electron chi connectivity index (χ0n) is 10.6. The topological polar surface area (TPSA) is 64.3 Å². The summed E-state index contributed by atoms with van der Waals surface area (Å²) in [4.78, 5) is 11.5. The van der Waals surface area contributed by atoms with Gasteiger partial charge in [0, 0.05) is 13.7 Å². The second-order valence-corrected chi connectivity index (χ2v) is 4.14. The fourth-order valence-corrected chi connectivity index (χ4v) is 1.82. The Balaban J connectivity index is 2.86. The minimum atomic E-state index is -0.453. The van der Waals surface area contributed by atoms with E-state index in [1.165, 1.54) is 5.56 Å². The van der Waals surface area contributed by atoms with E-state index in [4.69, 9.17) is 10.5 Å². The summed E-state index contributed by atoms with van der Waals surface area (Å²) < 4.78 is 4.94. The van der Waals surface area contributed by atoms with Crippen LogP contribution in [0.15, 0.2) is 18.2 Å². The van der Waals surface area contributed by atoms with Crippen molar-refractivity contribution in [2.24, 2.45) is 5.73 Å². The lowest BCUT2D eigenvalue weighted by molar-refractivity contribution is -0.120. The van der Waals surface area contributed by atoms with Gasteiger partial charge in [-0.1, -0.05) is 23.8 Å². The highest BCUT2D eigenvalue weighted by molar-refractivity contribution is 5.81. The minimum absolute atomic E-state index is 0.368.